The van der Waals surface area contributed by atoms with Crippen LogP contribution in [0.5, 0.6) is 0 Å². The number of carbonyl (C=O) groups is 1. The summed E-state index contributed by atoms with van der Waals surface area (Å²) in [5, 5.41) is 10.9. The molecule has 1 atom stereocenters. The van der Waals surface area contributed by atoms with Crippen molar-refractivity contribution in [1.82, 2.24) is 15.5 Å². The number of amides is 1. The number of methoxy groups -OCH3 is 1. The Hall–Kier alpha value is -1.86. The summed E-state index contributed by atoms with van der Waals surface area (Å²) in [6.07, 6.45) is 0. The molecule has 0 saturated heterocycles. The van der Waals surface area contributed by atoms with Crippen molar-refractivity contribution in [2.75, 3.05) is 20.3 Å². The monoisotopic (exact) mass is 321 g/mol. The second kappa shape index (κ2) is 7.95. The van der Waals surface area contributed by atoms with Crippen LogP contribution in [0.3, 0.4) is 0 Å². The smallest absolute Gasteiger partial charge is 0.277 e. The van der Waals surface area contributed by atoms with Gasteiger partial charge >= 0.3 is 0 Å². The summed E-state index contributed by atoms with van der Waals surface area (Å²) in [5.74, 6) is 0.380. The first-order valence-corrected chi connectivity index (χ1v) is 7.82. The molecular formula is C15H19N3O3S. The lowest BCUT2D eigenvalue weighted by Gasteiger charge is -2.09. The summed E-state index contributed by atoms with van der Waals surface area (Å²) in [7, 11) is 1.59. The highest BCUT2D eigenvalue weighted by Gasteiger charge is 2.18. The van der Waals surface area contributed by atoms with Crippen molar-refractivity contribution in [1.29, 1.82) is 0 Å². The van der Waals surface area contributed by atoms with Crippen LogP contribution in [-0.4, -0.2) is 41.6 Å². The maximum absolute atomic E-state index is 11.9. The second-order valence-corrected chi connectivity index (χ2v) is 6.02. The Morgan fingerprint density at radius 3 is 2.91 bits per heavy atom. The number of carbonyl (C=O) groups excluding carboxylic acids is 1. The molecular weight excluding hydrogens is 302 g/mol. The highest BCUT2D eigenvalue weighted by Crippen LogP contribution is 2.27. The Morgan fingerprint density at radius 2 is 2.18 bits per heavy atom. The number of benzene rings is 1. The van der Waals surface area contributed by atoms with Crippen molar-refractivity contribution >= 4 is 17.7 Å². The van der Waals surface area contributed by atoms with Crippen molar-refractivity contribution in [2.24, 2.45) is 0 Å². The average molecular weight is 321 g/mol. The van der Waals surface area contributed by atoms with Gasteiger partial charge in [0.25, 0.3) is 5.22 Å². The minimum atomic E-state index is -0.318. The van der Waals surface area contributed by atoms with Gasteiger partial charge < -0.3 is 14.5 Å². The number of nitrogens with zero attached hydrogens (tertiary/aromatic N) is 2. The van der Waals surface area contributed by atoms with E-state index in [1.165, 1.54) is 11.8 Å². The van der Waals surface area contributed by atoms with Crippen molar-refractivity contribution < 1.29 is 13.9 Å². The number of nitrogens with one attached hydrogen (secondary N) is 1. The van der Waals surface area contributed by atoms with Gasteiger partial charge in [0.15, 0.2) is 0 Å². The molecule has 1 heterocycles. The maximum Gasteiger partial charge on any atom is 0.277 e. The maximum atomic E-state index is 11.9. The zero-order chi connectivity index (χ0) is 15.9. The summed E-state index contributed by atoms with van der Waals surface area (Å²) in [4.78, 5) is 11.9. The van der Waals surface area contributed by atoms with Gasteiger partial charge in [-0.2, -0.15) is 0 Å². The third-order valence-electron chi connectivity index (χ3n) is 3.03. The van der Waals surface area contributed by atoms with Crippen molar-refractivity contribution in [3.8, 4) is 11.5 Å². The fraction of sp³-hybridized carbons (Fsp3) is 0.400. The summed E-state index contributed by atoms with van der Waals surface area (Å²) >= 11 is 1.24. The van der Waals surface area contributed by atoms with Crippen LogP contribution >= 0.6 is 11.8 Å². The largest absolute Gasteiger partial charge is 0.411 e. The standard InChI is InChI=1S/C15H19N3O3S/c1-10-6-4-5-7-12(10)14-17-18-15(21-14)22-11(2)13(19)16-8-9-20-3/h4-7,11H,8-9H2,1-3H3,(H,16,19)/t11-/m1/s1. The molecule has 2 aromatic rings. The van der Waals surface area contributed by atoms with Gasteiger partial charge in [-0.1, -0.05) is 30.0 Å². The number of aromatic nitrogens is 2. The van der Waals surface area contributed by atoms with Crippen LogP contribution in [0.25, 0.3) is 11.5 Å². The van der Waals surface area contributed by atoms with E-state index in [1.54, 1.807) is 14.0 Å². The average Bonchev–Trinajstić information content (AvgIpc) is 2.96. The lowest BCUT2D eigenvalue weighted by Crippen LogP contribution is -2.33. The molecule has 0 aliphatic heterocycles. The Balaban J connectivity index is 1.97. The first-order chi connectivity index (χ1) is 10.6. The van der Waals surface area contributed by atoms with Gasteiger partial charge in [-0.15, -0.1) is 10.2 Å². The van der Waals surface area contributed by atoms with Gasteiger partial charge in [-0.25, -0.2) is 0 Å². The number of ether oxygens (including phenoxy) is 1. The molecule has 0 fully saturated rings. The molecule has 1 aromatic heterocycles. The second-order valence-electron chi connectivity index (χ2n) is 4.73. The normalized spacial score (nSPS) is 12.1. The summed E-state index contributed by atoms with van der Waals surface area (Å²) in [6, 6.07) is 7.79. The lowest BCUT2D eigenvalue weighted by atomic mass is 10.1. The minimum absolute atomic E-state index is 0.0855. The van der Waals surface area contributed by atoms with Crippen LogP contribution in [0, 0.1) is 6.92 Å². The van der Waals surface area contributed by atoms with Crippen LogP contribution in [0.2, 0.25) is 0 Å². The van der Waals surface area contributed by atoms with Gasteiger partial charge in [-0.3, -0.25) is 4.79 Å². The topological polar surface area (TPSA) is 77.2 Å². The molecule has 1 aromatic carbocycles. The third-order valence-corrected chi connectivity index (χ3v) is 3.97. The molecule has 0 unspecified atom stereocenters. The fourth-order valence-electron chi connectivity index (χ4n) is 1.80. The zero-order valence-corrected chi connectivity index (χ0v) is 13.6. The van der Waals surface area contributed by atoms with Gasteiger partial charge in [0.2, 0.25) is 11.8 Å². The SMILES string of the molecule is COCCNC(=O)[C@@H](C)Sc1nnc(-c2ccccc2C)o1. The Morgan fingerprint density at radius 1 is 1.41 bits per heavy atom. The van der Waals surface area contributed by atoms with E-state index in [4.69, 9.17) is 9.15 Å². The van der Waals surface area contributed by atoms with E-state index in [9.17, 15) is 4.79 Å². The fourth-order valence-corrected chi connectivity index (χ4v) is 2.51. The van der Waals surface area contributed by atoms with E-state index in [2.05, 4.69) is 15.5 Å². The molecule has 22 heavy (non-hydrogen) atoms. The number of thioether (sulfide) groups is 1. The van der Waals surface area contributed by atoms with Gasteiger partial charge in [-0.05, 0) is 25.5 Å². The highest BCUT2D eigenvalue weighted by atomic mass is 32.2. The van der Waals surface area contributed by atoms with E-state index in [0.29, 0.717) is 24.3 Å². The number of aryl methyl sites for hydroxylation is 1. The molecule has 0 spiro atoms. The molecule has 118 valence electrons. The molecule has 0 bridgehead atoms. The molecule has 1 N–H and O–H groups in total. The van der Waals surface area contributed by atoms with Crippen molar-refractivity contribution in [2.45, 2.75) is 24.3 Å². The van der Waals surface area contributed by atoms with E-state index < -0.39 is 0 Å². The molecule has 2 rings (SSSR count). The Bertz CT molecular complexity index is 630. The molecule has 0 aliphatic rings. The Kier molecular flexibility index (Phi) is 5.97. The molecule has 7 heteroatoms. The number of hydrogen-bond donors (Lipinski definition) is 1. The molecule has 1 amide bonds. The predicted octanol–water partition coefficient (Wildman–Crippen LogP) is 2.29. The van der Waals surface area contributed by atoms with Gasteiger partial charge in [0, 0.05) is 19.2 Å². The molecule has 6 nitrogen and oxygen atoms in total. The van der Waals surface area contributed by atoms with Crippen molar-refractivity contribution in [3.63, 3.8) is 0 Å². The number of hydrogen-bond acceptors (Lipinski definition) is 6. The first kappa shape index (κ1) is 16.5. The van der Waals surface area contributed by atoms with Crippen LogP contribution in [-0.2, 0) is 9.53 Å². The molecule has 0 aliphatic carbocycles. The van der Waals surface area contributed by atoms with E-state index in [0.717, 1.165) is 11.1 Å². The number of rotatable bonds is 7. The minimum Gasteiger partial charge on any atom is -0.411 e. The summed E-state index contributed by atoms with van der Waals surface area (Å²) < 4.78 is 10.5. The van der Waals surface area contributed by atoms with E-state index in [-0.39, 0.29) is 11.2 Å². The third kappa shape index (κ3) is 4.32. The van der Waals surface area contributed by atoms with Gasteiger partial charge in [0.05, 0.1) is 11.9 Å². The summed E-state index contributed by atoms with van der Waals surface area (Å²) in [5.41, 5.74) is 1.96. The predicted molar refractivity (Wildman–Crippen MR) is 84.7 cm³/mol. The van der Waals surface area contributed by atoms with Crippen LogP contribution < -0.4 is 5.32 Å². The first-order valence-electron chi connectivity index (χ1n) is 6.94. The van der Waals surface area contributed by atoms with Gasteiger partial charge in [0.1, 0.15) is 0 Å². The van der Waals surface area contributed by atoms with E-state index >= 15 is 0 Å². The summed E-state index contributed by atoms with van der Waals surface area (Å²) in [6.45, 7) is 4.75. The van der Waals surface area contributed by atoms with Crippen LogP contribution in [0.1, 0.15) is 12.5 Å². The Labute approximate surface area is 133 Å². The quantitative estimate of drug-likeness (QED) is 0.623. The highest BCUT2D eigenvalue weighted by molar-refractivity contribution is 8.00. The van der Waals surface area contributed by atoms with Crippen LogP contribution in [0.4, 0.5) is 0 Å². The van der Waals surface area contributed by atoms with E-state index in [1.807, 2.05) is 31.2 Å². The molecule has 0 radical (unpaired) electrons. The molecule has 0 saturated carbocycles. The lowest BCUT2D eigenvalue weighted by molar-refractivity contribution is -0.120. The van der Waals surface area contributed by atoms with Crippen LogP contribution in [0.15, 0.2) is 33.9 Å². The van der Waals surface area contributed by atoms with Crippen molar-refractivity contribution in [3.05, 3.63) is 29.8 Å². The zero-order valence-electron chi connectivity index (χ0n) is 12.8.